The summed E-state index contributed by atoms with van der Waals surface area (Å²) in [7, 11) is 2.12. The molecule has 0 aliphatic carbocycles. The second kappa shape index (κ2) is 9.82. The van der Waals surface area contributed by atoms with E-state index in [1.54, 1.807) is 0 Å². The molecule has 0 fully saturated rings. The number of nitrogens with zero attached hydrogens (tertiary/aromatic N) is 3. The minimum Gasteiger partial charge on any atom is -0.311 e. The van der Waals surface area contributed by atoms with Crippen LogP contribution in [0.4, 0.5) is 17.1 Å². The molecule has 6 aromatic carbocycles. The molecule has 0 amide bonds. The van der Waals surface area contributed by atoms with Crippen LogP contribution in [-0.4, -0.2) is 11.3 Å². The molecule has 0 unspecified atom stereocenters. The number of hydrogen-bond donors (Lipinski definition) is 0. The van der Waals surface area contributed by atoms with Crippen molar-refractivity contribution >= 4 is 62.0 Å². The third-order valence-corrected chi connectivity index (χ3v) is 10.3. The lowest BCUT2D eigenvalue weighted by atomic mass is 9.33. The van der Waals surface area contributed by atoms with E-state index in [2.05, 4.69) is 180 Å². The molecule has 8 aromatic rings. The molecule has 2 aromatic heterocycles. The van der Waals surface area contributed by atoms with Crippen LogP contribution in [0.1, 0.15) is 5.56 Å². The van der Waals surface area contributed by atoms with Gasteiger partial charge in [-0.15, -0.1) is 0 Å². The minimum atomic E-state index is 0.127. The molecule has 220 valence electrons. The highest BCUT2D eigenvalue weighted by atomic mass is 15.2. The third kappa shape index (κ3) is 3.67. The topological polar surface area (TPSA) is 12.1 Å². The van der Waals surface area contributed by atoms with Crippen LogP contribution in [-0.2, 0) is 7.05 Å². The summed E-state index contributed by atoms with van der Waals surface area (Å²) in [6.07, 6.45) is 2.12. The van der Waals surface area contributed by atoms with E-state index in [9.17, 15) is 0 Å². The van der Waals surface area contributed by atoms with E-state index in [4.69, 9.17) is 0 Å². The maximum Gasteiger partial charge on any atom is 0.252 e. The van der Waals surface area contributed by atoms with Crippen molar-refractivity contribution in [1.29, 1.82) is 0 Å². The zero-order valence-electron chi connectivity index (χ0n) is 26.4. The van der Waals surface area contributed by atoms with Crippen molar-refractivity contribution in [1.82, 2.24) is 4.57 Å². The van der Waals surface area contributed by atoms with Crippen LogP contribution >= 0.6 is 0 Å². The van der Waals surface area contributed by atoms with Crippen LogP contribution in [0.15, 0.2) is 152 Å². The number of anilines is 3. The summed E-state index contributed by atoms with van der Waals surface area (Å²) in [4.78, 5) is 2.48. The minimum absolute atomic E-state index is 0.127. The molecular formula is C43H31BN3+. The van der Waals surface area contributed by atoms with E-state index >= 15 is 0 Å². The molecule has 0 spiro atoms. The van der Waals surface area contributed by atoms with Crippen LogP contribution in [0.25, 0.3) is 49.9 Å². The summed E-state index contributed by atoms with van der Waals surface area (Å²) in [6, 6.07) is 53.9. The van der Waals surface area contributed by atoms with Gasteiger partial charge in [-0.2, -0.15) is 0 Å². The number of fused-ring (bicyclic) bond motifs is 7. The average molecular weight is 601 g/mol. The predicted octanol–water partition coefficient (Wildman–Crippen LogP) is 7.86. The van der Waals surface area contributed by atoms with Crippen molar-refractivity contribution in [2.75, 3.05) is 4.90 Å². The Kier molecular flexibility index (Phi) is 5.51. The SMILES string of the molecule is Cc1ccc(-c2cc3c4c(c2)-n2c5ccccc5c5cccc(c52)B4c2ccccc2N3c2ccccc2)cc1-c1cccc[n+]1C. The fraction of sp³-hybridized carbons (Fsp3) is 0.0465. The average Bonchev–Trinajstić information content (AvgIpc) is 3.46. The van der Waals surface area contributed by atoms with Crippen LogP contribution < -0.4 is 25.9 Å². The molecule has 0 bridgehead atoms. The van der Waals surface area contributed by atoms with Gasteiger partial charge >= 0.3 is 0 Å². The molecule has 0 N–H and O–H groups in total. The maximum absolute atomic E-state index is 2.54. The zero-order valence-corrected chi connectivity index (χ0v) is 26.4. The first-order valence-corrected chi connectivity index (χ1v) is 16.4. The van der Waals surface area contributed by atoms with Gasteiger partial charge in [0.25, 0.3) is 6.71 Å². The highest BCUT2D eigenvalue weighted by Gasteiger charge is 2.42. The van der Waals surface area contributed by atoms with Crippen molar-refractivity contribution in [2.24, 2.45) is 7.05 Å². The van der Waals surface area contributed by atoms with Crippen LogP contribution in [0.3, 0.4) is 0 Å². The number of pyridine rings is 1. The Morgan fingerprint density at radius 1 is 0.574 bits per heavy atom. The van der Waals surface area contributed by atoms with Gasteiger partial charge in [0.15, 0.2) is 6.20 Å². The molecule has 4 heteroatoms. The van der Waals surface area contributed by atoms with Crippen molar-refractivity contribution in [3.8, 4) is 28.1 Å². The molecule has 10 rings (SSSR count). The quantitative estimate of drug-likeness (QED) is 0.149. The third-order valence-electron chi connectivity index (χ3n) is 10.3. The van der Waals surface area contributed by atoms with Gasteiger partial charge < -0.3 is 9.47 Å². The second-order valence-corrected chi connectivity index (χ2v) is 12.9. The van der Waals surface area contributed by atoms with Gasteiger partial charge in [-0.05, 0) is 88.5 Å². The van der Waals surface area contributed by atoms with Crippen molar-refractivity contribution in [3.05, 3.63) is 157 Å². The lowest BCUT2D eigenvalue weighted by molar-refractivity contribution is -0.660. The highest BCUT2D eigenvalue weighted by molar-refractivity contribution is 7.00. The van der Waals surface area contributed by atoms with Gasteiger partial charge in [0, 0.05) is 56.7 Å². The van der Waals surface area contributed by atoms with Crippen molar-refractivity contribution in [3.63, 3.8) is 0 Å². The van der Waals surface area contributed by atoms with E-state index in [1.165, 1.54) is 88.9 Å². The summed E-state index contributed by atoms with van der Waals surface area (Å²) in [5.41, 5.74) is 17.7. The number of aromatic nitrogens is 2. The van der Waals surface area contributed by atoms with Gasteiger partial charge in [0.05, 0.1) is 5.52 Å². The fourth-order valence-electron chi connectivity index (χ4n) is 8.26. The Hall–Kier alpha value is -5.87. The first-order chi connectivity index (χ1) is 23.2. The monoisotopic (exact) mass is 600 g/mol. The Morgan fingerprint density at radius 2 is 1.32 bits per heavy atom. The van der Waals surface area contributed by atoms with Crippen molar-refractivity contribution < 1.29 is 4.57 Å². The number of rotatable bonds is 3. The Morgan fingerprint density at radius 3 is 2.21 bits per heavy atom. The molecular weight excluding hydrogens is 569 g/mol. The van der Waals surface area contributed by atoms with Gasteiger partial charge in [-0.25, -0.2) is 4.57 Å². The largest absolute Gasteiger partial charge is 0.311 e. The summed E-state index contributed by atoms with van der Waals surface area (Å²) in [5.74, 6) is 0. The van der Waals surface area contributed by atoms with Gasteiger partial charge in [-0.1, -0.05) is 84.9 Å². The molecule has 0 atom stereocenters. The number of para-hydroxylation sites is 4. The lowest BCUT2D eigenvalue weighted by Crippen LogP contribution is -2.60. The number of hydrogen-bond acceptors (Lipinski definition) is 1. The Balaban J connectivity index is 1.34. The molecule has 2 aliphatic heterocycles. The van der Waals surface area contributed by atoms with Gasteiger partial charge in [-0.3, -0.25) is 0 Å². The van der Waals surface area contributed by atoms with E-state index < -0.39 is 0 Å². The van der Waals surface area contributed by atoms with Crippen molar-refractivity contribution in [2.45, 2.75) is 6.92 Å². The maximum atomic E-state index is 2.54. The zero-order chi connectivity index (χ0) is 31.2. The lowest BCUT2D eigenvalue weighted by Gasteiger charge is -2.40. The summed E-state index contributed by atoms with van der Waals surface area (Å²) in [5, 5.41) is 2.61. The molecule has 4 heterocycles. The second-order valence-electron chi connectivity index (χ2n) is 12.9. The molecule has 47 heavy (non-hydrogen) atoms. The molecule has 0 saturated heterocycles. The van der Waals surface area contributed by atoms with Crippen LogP contribution in [0.2, 0.25) is 0 Å². The summed E-state index contributed by atoms with van der Waals surface area (Å²) in [6.45, 7) is 2.34. The van der Waals surface area contributed by atoms with E-state index in [-0.39, 0.29) is 6.71 Å². The van der Waals surface area contributed by atoms with E-state index in [0.717, 1.165) is 0 Å². The predicted molar refractivity (Wildman–Crippen MR) is 197 cm³/mol. The molecule has 3 nitrogen and oxygen atoms in total. The molecule has 0 radical (unpaired) electrons. The summed E-state index contributed by atoms with van der Waals surface area (Å²) >= 11 is 0. The Bertz CT molecular complexity index is 2560. The van der Waals surface area contributed by atoms with Crippen LogP contribution in [0, 0.1) is 6.92 Å². The van der Waals surface area contributed by atoms with Gasteiger partial charge in [0.1, 0.15) is 7.05 Å². The smallest absolute Gasteiger partial charge is 0.252 e. The first kappa shape index (κ1) is 26.4. The fourth-order valence-corrected chi connectivity index (χ4v) is 8.26. The normalized spacial score (nSPS) is 12.8. The summed E-state index contributed by atoms with van der Waals surface area (Å²) < 4.78 is 4.75. The highest BCUT2D eigenvalue weighted by Crippen LogP contribution is 2.43. The number of aryl methyl sites for hydroxylation is 2. The Labute approximate surface area is 274 Å². The van der Waals surface area contributed by atoms with E-state index in [0.29, 0.717) is 0 Å². The molecule has 0 saturated carbocycles. The van der Waals surface area contributed by atoms with Gasteiger partial charge in [0.2, 0.25) is 5.69 Å². The standard InChI is InChI=1S/C43H31BN3/c1-28-22-23-29(25-34(28)37-19-10-11-24-45(37)2)30-26-40-42-41(27-30)47-38-20-8-6-15-32(38)33-16-12-18-36(43(33)47)44(42)35-17-7-9-21-39(35)46(40)31-13-4-3-5-14-31/h3-27H,1-2H3/q+1. The van der Waals surface area contributed by atoms with E-state index in [1.807, 2.05) is 0 Å². The first-order valence-electron chi connectivity index (χ1n) is 16.4. The van der Waals surface area contributed by atoms with Crippen LogP contribution in [0.5, 0.6) is 0 Å². The molecule has 2 aliphatic rings. The number of benzene rings is 6.